The first kappa shape index (κ1) is 18.2. The van der Waals surface area contributed by atoms with Crippen molar-refractivity contribution in [3.05, 3.63) is 66.0 Å². The molecule has 134 valence electrons. The highest BCUT2D eigenvalue weighted by molar-refractivity contribution is 8.00. The molecule has 0 saturated heterocycles. The highest BCUT2D eigenvalue weighted by Crippen LogP contribution is 2.27. The van der Waals surface area contributed by atoms with Gasteiger partial charge in [-0.15, -0.1) is 10.2 Å². The number of ketones is 1. The summed E-state index contributed by atoms with van der Waals surface area (Å²) in [6.45, 7) is 5.76. The van der Waals surface area contributed by atoms with E-state index in [0.717, 1.165) is 17.0 Å². The molecule has 3 aromatic rings. The highest BCUT2D eigenvalue weighted by atomic mass is 32.2. The van der Waals surface area contributed by atoms with Crippen molar-refractivity contribution in [3.8, 4) is 11.4 Å². The van der Waals surface area contributed by atoms with E-state index in [-0.39, 0.29) is 11.0 Å². The molecule has 0 fully saturated rings. The Hall–Kier alpha value is -2.60. The lowest BCUT2D eigenvalue weighted by molar-refractivity contribution is -0.116. The summed E-state index contributed by atoms with van der Waals surface area (Å²) in [4.78, 5) is 11.6. The van der Waals surface area contributed by atoms with Crippen molar-refractivity contribution in [2.24, 2.45) is 0 Å². The van der Waals surface area contributed by atoms with Crippen molar-refractivity contribution in [1.29, 1.82) is 0 Å². The molecule has 0 bridgehead atoms. The van der Waals surface area contributed by atoms with Gasteiger partial charge in [-0.2, -0.15) is 0 Å². The Labute approximate surface area is 157 Å². The summed E-state index contributed by atoms with van der Waals surface area (Å²) in [5.41, 5.74) is 2.01. The number of para-hydroxylation sites is 2. The third-order valence-corrected chi connectivity index (χ3v) is 5.18. The van der Waals surface area contributed by atoms with Crippen LogP contribution in [-0.4, -0.2) is 25.8 Å². The van der Waals surface area contributed by atoms with Crippen molar-refractivity contribution in [1.82, 2.24) is 14.8 Å². The van der Waals surface area contributed by atoms with E-state index in [1.165, 1.54) is 11.8 Å². The summed E-state index contributed by atoms with van der Waals surface area (Å²) in [5, 5.41) is 9.09. The summed E-state index contributed by atoms with van der Waals surface area (Å²) >= 11 is 1.40. The van der Waals surface area contributed by atoms with Crippen LogP contribution in [0.2, 0.25) is 0 Å². The van der Waals surface area contributed by atoms with Crippen molar-refractivity contribution in [3.63, 3.8) is 0 Å². The van der Waals surface area contributed by atoms with Gasteiger partial charge in [0.05, 0.1) is 5.25 Å². The average Bonchev–Trinajstić information content (AvgIpc) is 3.04. The van der Waals surface area contributed by atoms with Crippen LogP contribution in [0.25, 0.3) is 5.69 Å². The lowest BCUT2D eigenvalue weighted by atomic mass is 10.2. The number of benzene rings is 2. The molecule has 1 atom stereocenters. The van der Waals surface area contributed by atoms with E-state index >= 15 is 0 Å². The lowest BCUT2D eigenvalue weighted by Gasteiger charge is -2.13. The maximum atomic E-state index is 11.6. The fourth-order valence-electron chi connectivity index (χ4n) is 2.41. The molecule has 0 amide bonds. The highest BCUT2D eigenvalue weighted by Gasteiger charge is 2.19. The molecule has 0 saturated carbocycles. The maximum absolute atomic E-state index is 11.6. The number of aromatic nitrogens is 3. The number of thioether (sulfide) groups is 1. The minimum Gasteiger partial charge on any atom is -0.485 e. The van der Waals surface area contributed by atoms with Crippen LogP contribution in [-0.2, 0) is 11.4 Å². The third kappa shape index (κ3) is 4.14. The van der Waals surface area contributed by atoms with Crippen LogP contribution in [0.15, 0.2) is 59.8 Å². The van der Waals surface area contributed by atoms with E-state index in [4.69, 9.17) is 4.74 Å². The monoisotopic (exact) mass is 367 g/mol. The Morgan fingerprint density at radius 2 is 1.81 bits per heavy atom. The number of hydrogen-bond donors (Lipinski definition) is 0. The van der Waals surface area contributed by atoms with Gasteiger partial charge in [-0.1, -0.05) is 48.2 Å². The number of carbonyl (C=O) groups excluding carboxylic acids is 1. The molecule has 1 unspecified atom stereocenters. The van der Waals surface area contributed by atoms with Crippen molar-refractivity contribution in [2.45, 2.75) is 37.8 Å². The predicted octanol–water partition coefficient (Wildman–Crippen LogP) is 4.22. The fourth-order valence-corrected chi connectivity index (χ4v) is 3.29. The molecule has 2 aromatic carbocycles. The molecular weight excluding hydrogens is 346 g/mol. The molecular formula is C20H21N3O2S. The average molecular weight is 367 g/mol. The molecule has 1 heterocycles. The Kier molecular flexibility index (Phi) is 5.73. The molecule has 1 aromatic heterocycles. The first-order valence-corrected chi connectivity index (χ1v) is 9.29. The Balaban J connectivity index is 1.91. The zero-order valence-electron chi connectivity index (χ0n) is 15.0. The van der Waals surface area contributed by atoms with Gasteiger partial charge >= 0.3 is 0 Å². The zero-order chi connectivity index (χ0) is 18.5. The standard InChI is InChI=1S/C20H21N3O2S/c1-14-9-7-8-12-18(14)25-13-19-21-22-20(26-16(3)15(2)24)23(19)17-10-5-4-6-11-17/h4-12,16H,13H2,1-3H3. The summed E-state index contributed by atoms with van der Waals surface area (Å²) in [5.74, 6) is 1.62. The summed E-state index contributed by atoms with van der Waals surface area (Å²) in [6, 6.07) is 17.7. The van der Waals surface area contributed by atoms with E-state index in [2.05, 4.69) is 10.2 Å². The smallest absolute Gasteiger partial charge is 0.196 e. The molecule has 26 heavy (non-hydrogen) atoms. The lowest BCUT2D eigenvalue weighted by Crippen LogP contribution is -2.11. The normalized spacial score (nSPS) is 12.0. The second-order valence-electron chi connectivity index (χ2n) is 5.99. The molecule has 0 N–H and O–H groups in total. The molecule has 0 aliphatic carbocycles. The quantitative estimate of drug-likeness (QED) is 0.585. The number of hydrogen-bond acceptors (Lipinski definition) is 5. The summed E-state index contributed by atoms with van der Waals surface area (Å²) in [7, 11) is 0. The third-order valence-electron chi connectivity index (χ3n) is 4.02. The number of Topliss-reactive ketones (excluding diaryl/α,β-unsaturated/α-hetero) is 1. The van der Waals surface area contributed by atoms with Gasteiger partial charge in [0.15, 0.2) is 11.0 Å². The van der Waals surface area contributed by atoms with E-state index < -0.39 is 0 Å². The molecule has 0 aliphatic heterocycles. The van der Waals surface area contributed by atoms with Crippen LogP contribution in [0.5, 0.6) is 5.75 Å². The van der Waals surface area contributed by atoms with Crippen LogP contribution >= 0.6 is 11.8 Å². The van der Waals surface area contributed by atoms with E-state index in [0.29, 0.717) is 17.6 Å². The Morgan fingerprint density at radius 3 is 2.50 bits per heavy atom. The van der Waals surface area contributed by atoms with Gasteiger partial charge in [0, 0.05) is 5.69 Å². The van der Waals surface area contributed by atoms with Gasteiger partial charge in [0.1, 0.15) is 18.1 Å². The predicted molar refractivity (Wildman–Crippen MR) is 103 cm³/mol. The van der Waals surface area contributed by atoms with Crippen molar-refractivity contribution in [2.75, 3.05) is 0 Å². The number of ether oxygens (including phenoxy) is 1. The topological polar surface area (TPSA) is 57.0 Å². The van der Waals surface area contributed by atoms with Crippen LogP contribution in [0, 0.1) is 6.92 Å². The van der Waals surface area contributed by atoms with Crippen LogP contribution in [0.4, 0.5) is 0 Å². The SMILES string of the molecule is CC(=O)C(C)Sc1nnc(COc2ccccc2C)n1-c1ccccc1. The number of aryl methyl sites for hydroxylation is 1. The van der Waals surface area contributed by atoms with Gasteiger partial charge < -0.3 is 4.74 Å². The minimum atomic E-state index is -0.188. The first-order chi connectivity index (χ1) is 12.6. The van der Waals surface area contributed by atoms with Gasteiger partial charge in [-0.05, 0) is 44.5 Å². The second-order valence-corrected chi connectivity index (χ2v) is 7.30. The van der Waals surface area contributed by atoms with E-state index in [9.17, 15) is 4.79 Å². The van der Waals surface area contributed by atoms with Gasteiger partial charge in [-0.3, -0.25) is 9.36 Å². The van der Waals surface area contributed by atoms with Crippen LogP contribution in [0.3, 0.4) is 0 Å². The van der Waals surface area contributed by atoms with Crippen molar-refractivity contribution < 1.29 is 9.53 Å². The Bertz CT molecular complexity index is 893. The zero-order valence-corrected chi connectivity index (χ0v) is 15.9. The number of carbonyl (C=O) groups is 1. The molecule has 0 radical (unpaired) electrons. The minimum absolute atomic E-state index is 0.107. The molecule has 0 spiro atoms. The van der Waals surface area contributed by atoms with Gasteiger partial charge in [0.25, 0.3) is 0 Å². The number of rotatable bonds is 7. The first-order valence-electron chi connectivity index (χ1n) is 8.41. The summed E-state index contributed by atoms with van der Waals surface area (Å²) < 4.78 is 7.90. The molecule has 5 nitrogen and oxygen atoms in total. The maximum Gasteiger partial charge on any atom is 0.196 e. The molecule has 0 aliphatic rings. The second kappa shape index (κ2) is 8.19. The largest absolute Gasteiger partial charge is 0.485 e. The van der Waals surface area contributed by atoms with E-state index in [1.54, 1.807) is 6.92 Å². The summed E-state index contributed by atoms with van der Waals surface area (Å²) in [6.07, 6.45) is 0. The molecule has 6 heteroatoms. The van der Waals surface area contributed by atoms with Crippen molar-refractivity contribution >= 4 is 17.5 Å². The fraction of sp³-hybridized carbons (Fsp3) is 0.250. The van der Waals surface area contributed by atoms with E-state index in [1.807, 2.05) is 73.0 Å². The number of nitrogens with zero attached hydrogens (tertiary/aromatic N) is 3. The van der Waals surface area contributed by atoms with Gasteiger partial charge in [-0.25, -0.2) is 0 Å². The Morgan fingerprint density at radius 1 is 1.12 bits per heavy atom. The molecule has 3 rings (SSSR count). The van der Waals surface area contributed by atoms with Crippen LogP contribution in [0.1, 0.15) is 25.2 Å². The van der Waals surface area contributed by atoms with Gasteiger partial charge in [0.2, 0.25) is 0 Å². The van der Waals surface area contributed by atoms with Crippen LogP contribution < -0.4 is 4.74 Å².